The summed E-state index contributed by atoms with van der Waals surface area (Å²) >= 11 is 2.05. The maximum absolute atomic E-state index is 13.4. The molecule has 1 N–H and O–H groups in total. The number of halogens is 1. The van der Waals surface area contributed by atoms with E-state index in [0.717, 1.165) is 16.6 Å². The van der Waals surface area contributed by atoms with E-state index < -0.39 is 0 Å². The summed E-state index contributed by atoms with van der Waals surface area (Å²) < 4.78 is 13.4. The summed E-state index contributed by atoms with van der Waals surface area (Å²) in [6.07, 6.45) is 6.85. The SMILES string of the molecule is CNC(CSC1CCCCC1)c1cc(F)ccc1C. The van der Waals surface area contributed by atoms with Crippen LogP contribution in [0.4, 0.5) is 4.39 Å². The van der Waals surface area contributed by atoms with Crippen LogP contribution in [-0.4, -0.2) is 18.1 Å². The number of benzene rings is 1. The van der Waals surface area contributed by atoms with Crippen molar-refractivity contribution < 1.29 is 4.39 Å². The van der Waals surface area contributed by atoms with Crippen LogP contribution in [0.15, 0.2) is 18.2 Å². The molecule has 1 unspecified atom stereocenters. The predicted molar refractivity (Wildman–Crippen MR) is 82.3 cm³/mol. The van der Waals surface area contributed by atoms with Crippen LogP contribution in [0, 0.1) is 12.7 Å². The standard InChI is InChI=1S/C16H24FNS/c1-12-8-9-13(17)10-15(12)16(18-2)11-19-14-6-4-3-5-7-14/h8-10,14,16,18H,3-7,11H2,1-2H3. The number of nitrogens with one attached hydrogen (secondary N) is 1. The van der Waals surface area contributed by atoms with Gasteiger partial charge in [-0.15, -0.1) is 0 Å². The van der Waals surface area contributed by atoms with Gasteiger partial charge in [-0.3, -0.25) is 0 Å². The molecule has 1 aromatic carbocycles. The fourth-order valence-electron chi connectivity index (χ4n) is 2.78. The lowest BCUT2D eigenvalue weighted by molar-refractivity contribution is 0.514. The third-order valence-corrected chi connectivity index (χ3v) is 5.48. The fourth-order valence-corrected chi connectivity index (χ4v) is 4.26. The van der Waals surface area contributed by atoms with Gasteiger partial charge in [0.1, 0.15) is 5.82 Å². The molecule has 2 rings (SSSR count). The highest BCUT2D eigenvalue weighted by Crippen LogP contribution is 2.31. The van der Waals surface area contributed by atoms with Gasteiger partial charge in [-0.05, 0) is 50.1 Å². The Morgan fingerprint density at radius 1 is 1.32 bits per heavy atom. The van der Waals surface area contributed by atoms with Crippen LogP contribution in [0.5, 0.6) is 0 Å². The van der Waals surface area contributed by atoms with E-state index in [-0.39, 0.29) is 11.9 Å². The topological polar surface area (TPSA) is 12.0 Å². The van der Waals surface area contributed by atoms with Crippen molar-refractivity contribution in [1.29, 1.82) is 0 Å². The summed E-state index contributed by atoms with van der Waals surface area (Å²) in [6.45, 7) is 2.06. The zero-order valence-electron chi connectivity index (χ0n) is 11.9. The first kappa shape index (κ1) is 14.9. The third-order valence-electron chi connectivity index (χ3n) is 4.02. The van der Waals surface area contributed by atoms with Crippen molar-refractivity contribution in [3.05, 3.63) is 35.1 Å². The summed E-state index contributed by atoms with van der Waals surface area (Å²) in [5, 5.41) is 4.14. The molecular formula is C16H24FNS. The van der Waals surface area contributed by atoms with E-state index in [1.807, 2.05) is 13.1 Å². The second-order valence-corrected chi connectivity index (χ2v) is 6.77. The molecule has 1 aliphatic rings. The van der Waals surface area contributed by atoms with E-state index in [2.05, 4.69) is 24.0 Å². The average molecular weight is 281 g/mol. The first-order valence-corrected chi connectivity index (χ1v) is 8.30. The van der Waals surface area contributed by atoms with Gasteiger partial charge in [-0.25, -0.2) is 4.39 Å². The zero-order valence-corrected chi connectivity index (χ0v) is 12.7. The van der Waals surface area contributed by atoms with Crippen molar-refractivity contribution in [2.24, 2.45) is 0 Å². The average Bonchev–Trinajstić information content (AvgIpc) is 2.44. The molecule has 1 saturated carbocycles. The molecule has 0 spiro atoms. The number of hydrogen-bond acceptors (Lipinski definition) is 2. The van der Waals surface area contributed by atoms with Gasteiger partial charge in [-0.1, -0.05) is 25.3 Å². The number of rotatable bonds is 5. The normalized spacial score (nSPS) is 18.5. The minimum Gasteiger partial charge on any atom is -0.312 e. The molecule has 1 atom stereocenters. The Morgan fingerprint density at radius 2 is 2.05 bits per heavy atom. The molecule has 1 nitrogen and oxygen atoms in total. The second kappa shape index (κ2) is 7.30. The number of thioether (sulfide) groups is 1. The van der Waals surface area contributed by atoms with Gasteiger partial charge < -0.3 is 5.32 Å². The molecule has 3 heteroatoms. The molecule has 1 fully saturated rings. The quantitative estimate of drug-likeness (QED) is 0.855. The first-order chi connectivity index (χ1) is 9.20. The third kappa shape index (κ3) is 4.22. The summed E-state index contributed by atoms with van der Waals surface area (Å²) in [5.41, 5.74) is 2.27. The van der Waals surface area contributed by atoms with E-state index in [0.29, 0.717) is 0 Å². The molecule has 0 saturated heterocycles. The monoisotopic (exact) mass is 281 g/mol. The van der Waals surface area contributed by atoms with Crippen molar-refractivity contribution >= 4 is 11.8 Å². The maximum atomic E-state index is 13.4. The molecule has 0 bridgehead atoms. The minimum absolute atomic E-state index is 0.136. The van der Waals surface area contributed by atoms with Gasteiger partial charge in [0.05, 0.1) is 0 Å². The van der Waals surface area contributed by atoms with Gasteiger partial charge in [0.25, 0.3) is 0 Å². The van der Waals surface area contributed by atoms with Crippen LogP contribution in [-0.2, 0) is 0 Å². The van der Waals surface area contributed by atoms with Crippen LogP contribution in [0.2, 0.25) is 0 Å². The lowest BCUT2D eigenvalue weighted by Crippen LogP contribution is -2.22. The van der Waals surface area contributed by atoms with Crippen LogP contribution in [0.1, 0.15) is 49.3 Å². The Hall–Kier alpha value is -0.540. The van der Waals surface area contributed by atoms with Crippen molar-refractivity contribution in [3.63, 3.8) is 0 Å². The molecule has 1 aliphatic carbocycles. The van der Waals surface area contributed by atoms with Gasteiger partial charge in [0.2, 0.25) is 0 Å². The number of hydrogen-bond donors (Lipinski definition) is 1. The lowest BCUT2D eigenvalue weighted by Gasteiger charge is -2.25. The fraction of sp³-hybridized carbons (Fsp3) is 0.625. The van der Waals surface area contributed by atoms with Gasteiger partial charge in [-0.2, -0.15) is 11.8 Å². The summed E-state index contributed by atoms with van der Waals surface area (Å²) in [6, 6.07) is 5.35. The van der Waals surface area contributed by atoms with Crippen LogP contribution in [0.25, 0.3) is 0 Å². The highest BCUT2D eigenvalue weighted by molar-refractivity contribution is 7.99. The molecule has 0 aliphatic heterocycles. The highest BCUT2D eigenvalue weighted by Gasteiger charge is 2.18. The van der Waals surface area contributed by atoms with Crippen LogP contribution >= 0.6 is 11.8 Å². The van der Waals surface area contributed by atoms with Gasteiger partial charge >= 0.3 is 0 Å². The predicted octanol–water partition coefficient (Wildman–Crippen LogP) is 4.46. The van der Waals surface area contributed by atoms with E-state index in [1.54, 1.807) is 12.1 Å². The van der Waals surface area contributed by atoms with Crippen LogP contribution < -0.4 is 5.32 Å². The van der Waals surface area contributed by atoms with Crippen LogP contribution in [0.3, 0.4) is 0 Å². The molecule has 0 aromatic heterocycles. The van der Waals surface area contributed by atoms with Crippen molar-refractivity contribution in [2.45, 2.75) is 50.3 Å². The van der Waals surface area contributed by atoms with E-state index >= 15 is 0 Å². The van der Waals surface area contributed by atoms with Crippen molar-refractivity contribution in [1.82, 2.24) is 5.32 Å². The Bertz CT molecular complexity index is 402. The highest BCUT2D eigenvalue weighted by atomic mass is 32.2. The van der Waals surface area contributed by atoms with E-state index in [9.17, 15) is 4.39 Å². The van der Waals surface area contributed by atoms with Crippen molar-refractivity contribution in [3.8, 4) is 0 Å². The van der Waals surface area contributed by atoms with E-state index in [4.69, 9.17) is 0 Å². The van der Waals surface area contributed by atoms with Crippen molar-refractivity contribution in [2.75, 3.05) is 12.8 Å². The molecule has 1 aromatic rings. The second-order valence-electron chi connectivity index (χ2n) is 5.44. The molecule has 19 heavy (non-hydrogen) atoms. The first-order valence-electron chi connectivity index (χ1n) is 7.25. The molecule has 106 valence electrons. The Kier molecular flexibility index (Phi) is 5.71. The largest absolute Gasteiger partial charge is 0.312 e. The summed E-state index contributed by atoms with van der Waals surface area (Å²) in [7, 11) is 1.97. The lowest BCUT2D eigenvalue weighted by atomic mass is 10.0. The smallest absolute Gasteiger partial charge is 0.123 e. The Balaban J connectivity index is 1.97. The Labute approximate surface area is 120 Å². The summed E-state index contributed by atoms with van der Waals surface area (Å²) in [4.78, 5) is 0. The van der Waals surface area contributed by atoms with Gasteiger partial charge in [0.15, 0.2) is 0 Å². The summed E-state index contributed by atoms with van der Waals surface area (Å²) in [5.74, 6) is 0.898. The maximum Gasteiger partial charge on any atom is 0.123 e. The molecule has 0 heterocycles. The molecule has 0 radical (unpaired) electrons. The van der Waals surface area contributed by atoms with Gasteiger partial charge in [0, 0.05) is 17.0 Å². The number of aryl methyl sites for hydroxylation is 1. The molecular weight excluding hydrogens is 257 g/mol. The Morgan fingerprint density at radius 3 is 2.74 bits per heavy atom. The zero-order chi connectivity index (χ0) is 13.7. The minimum atomic E-state index is -0.136. The molecule has 0 amide bonds. The van der Waals surface area contributed by atoms with E-state index in [1.165, 1.54) is 37.7 Å².